The van der Waals surface area contributed by atoms with Crippen LogP contribution in [0.3, 0.4) is 0 Å². The van der Waals surface area contributed by atoms with Gasteiger partial charge in [0, 0.05) is 12.8 Å². The summed E-state index contributed by atoms with van der Waals surface area (Å²) in [6, 6.07) is 0. The number of hydrogen-bond acceptors (Lipinski definition) is 7. The maximum Gasteiger partial charge on any atom is 0.469 e. The molecule has 0 saturated heterocycles. The molecule has 0 rings (SSSR count). The van der Waals surface area contributed by atoms with Crippen LogP contribution in [0.15, 0.2) is 0 Å². The summed E-state index contributed by atoms with van der Waals surface area (Å²) in [7, 11) is -4.52. The summed E-state index contributed by atoms with van der Waals surface area (Å²) in [5, 5.41) is 8.32. The van der Waals surface area contributed by atoms with Gasteiger partial charge in [-0.1, -0.05) is 0 Å². The van der Waals surface area contributed by atoms with Gasteiger partial charge in [0.15, 0.2) is 0 Å². The van der Waals surface area contributed by atoms with E-state index in [4.69, 9.17) is 14.9 Å². The number of carbonyl (C=O) groups is 2. The van der Waals surface area contributed by atoms with Crippen LogP contribution >= 0.6 is 7.82 Å². The number of carbonyl (C=O) groups excluding carboxylic acids is 1. The first-order chi connectivity index (χ1) is 7.81. The van der Waals surface area contributed by atoms with Crippen LogP contribution in [-0.4, -0.2) is 40.0 Å². The third-order valence-corrected chi connectivity index (χ3v) is 2.15. The average molecular weight is 304 g/mol. The van der Waals surface area contributed by atoms with Gasteiger partial charge in [-0.05, 0) is 12.8 Å². The Morgan fingerprint density at radius 3 is 2.00 bits per heavy atom. The van der Waals surface area contributed by atoms with E-state index in [-0.39, 0.29) is 38.4 Å². The number of carboxylic acids is 1. The van der Waals surface area contributed by atoms with E-state index in [0.29, 0.717) is 12.8 Å². The largest absolute Gasteiger partial charge is 0.481 e. The molecular formula is C8H21N2O8P. The first-order valence-electron chi connectivity index (χ1n) is 4.89. The highest BCUT2D eigenvalue weighted by atomic mass is 31.2. The lowest BCUT2D eigenvalue weighted by Gasteiger charge is -2.06. The third-order valence-electron chi connectivity index (χ3n) is 1.63. The van der Waals surface area contributed by atoms with E-state index < -0.39 is 19.8 Å². The molecule has 0 spiro atoms. The van der Waals surface area contributed by atoms with Crippen LogP contribution in [0.25, 0.3) is 0 Å². The van der Waals surface area contributed by atoms with E-state index in [0.717, 1.165) is 0 Å². The van der Waals surface area contributed by atoms with Crippen molar-refractivity contribution in [2.24, 2.45) is 0 Å². The highest BCUT2D eigenvalue weighted by molar-refractivity contribution is 7.46. The van der Waals surface area contributed by atoms with Crippen LogP contribution in [0.5, 0.6) is 0 Å². The minimum absolute atomic E-state index is 0. The van der Waals surface area contributed by atoms with Gasteiger partial charge in [0.2, 0.25) is 0 Å². The molecule has 0 radical (unpaired) electrons. The Hall–Kier alpha value is -1.03. The lowest BCUT2D eigenvalue weighted by molar-refractivity contribution is -0.145. The number of carboxylic acid groups (broad SMARTS) is 1. The molecule has 0 heterocycles. The molecule has 19 heavy (non-hydrogen) atoms. The Morgan fingerprint density at radius 2 is 1.53 bits per heavy atom. The lowest BCUT2D eigenvalue weighted by atomic mass is 10.2. The monoisotopic (exact) mass is 304 g/mol. The second-order valence-electron chi connectivity index (χ2n) is 3.15. The number of phosphoric acid groups is 1. The Morgan fingerprint density at radius 1 is 1.00 bits per heavy atom. The van der Waals surface area contributed by atoms with E-state index >= 15 is 0 Å². The molecule has 0 amide bonds. The van der Waals surface area contributed by atoms with Gasteiger partial charge in [0.1, 0.15) is 6.61 Å². The predicted octanol–water partition coefficient (Wildman–Crippen LogP) is 0.608. The van der Waals surface area contributed by atoms with E-state index in [9.17, 15) is 14.2 Å². The molecule has 9 N–H and O–H groups in total. The number of esters is 1. The summed E-state index contributed by atoms with van der Waals surface area (Å²) < 4.78 is 18.9. The first kappa shape index (κ1) is 23.1. The fourth-order valence-corrected chi connectivity index (χ4v) is 1.24. The van der Waals surface area contributed by atoms with Crippen molar-refractivity contribution in [3.8, 4) is 0 Å². The third kappa shape index (κ3) is 19.5. The van der Waals surface area contributed by atoms with Gasteiger partial charge in [-0.3, -0.25) is 14.1 Å². The predicted molar refractivity (Wildman–Crippen MR) is 65.1 cm³/mol. The van der Waals surface area contributed by atoms with Crippen molar-refractivity contribution in [3.63, 3.8) is 0 Å². The van der Waals surface area contributed by atoms with Crippen molar-refractivity contribution < 1.29 is 38.3 Å². The van der Waals surface area contributed by atoms with Gasteiger partial charge in [-0.2, -0.15) is 0 Å². The molecule has 0 aliphatic rings. The van der Waals surface area contributed by atoms with Crippen LogP contribution in [-0.2, 0) is 23.4 Å². The Balaban J connectivity index is -0.00000128. The van der Waals surface area contributed by atoms with E-state index in [1.165, 1.54) is 0 Å². The summed E-state index contributed by atoms with van der Waals surface area (Å²) >= 11 is 0. The molecule has 0 atom stereocenters. The first-order valence-corrected chi connectivity index (χ1v) is 6.42. The second-order valence-corrected chi connectivity index (χ2v) is 4.38. The van der Waals surface area contributed by atoms with Crippen molar-refractivity contribution in [2.45, 2.75) is 25.7 Å². The van der Waals surface area contributed by atoms with Crippen molar-refractivity contribution in [3.05, 3.63) is 0 Å². The number of unbranched alkanes of at least 4 members (excludes halogenated alkanes) is 1. The summed E-state index contributed by atoms with van der Waals surface area (Å²) in [5.74, 6) is -1.47. The summed E-state index contributed by atoms with van der Waals surface area (Å²) in [4.78, 5) is 37.7. The van der Waals surface area contributed by atoms with Crippen molar-refractivity contribution in [2.75, 3.05) is 13.2 Å². The number of hydrogen-bond donors (Lipinski definition) is 5. The topological polar surface area (TPSA) is 200 Å². The molecule has 116 valence electrons. The maximum absolute atomic E-state index is 11.0. The highest BCUT2D eigenvalue weighted by Crippen LogP contribution is 2.35. The molecular weight excluding hydrogens is 283 g/mol. The van der Waals surface area contributed by atoms with Crippen LogP contribution in [0.2, 0.25) is 0 Å². The molecule has 0 aliphatic heterocycles. The highest BCUT2D eigenvalue weighted by Gasteiger charge is 2.13. The van der Waals surface area contributed by atoms with E-state index in [1.54, 1.807) is 0 Å². The van der Waals surface area contributed by atoms with E-state index in [1.807, 2.05) is 0 Å². The fourth-order valence-electron chi connectivity index (χ4n) is 0.929. The minimum Gasteiger partial charge on any atom is -0.481 e. The zero-order valence-electron chi connectivity index (χ0n) is 10.5. The van der Waals surface area contributed by atoms with Gasteiger partial charge in [0.05, 0.1) is 6.61 Å². The van der Waals surface area contributed by atoms with Gasteiger partial charge >= 0.3 is 19.8 Å². The lowest BCUT2D eigenvalue weighted by Crippen LogP contribution is -2.10. The van der Waals surface area contributed by atoms with Gasteiger partial charge in [-0.15, -0.1) is 0 Å². The molecule has 10 nitrogen and oxygen atoms in total. The van der Waals surface area contributed by atoms with Gasteiger partial charge in [-0.25, -0.2) is 4.57 Å². The summed E-state index contributed by atoms with van der Waals surface area (Å²) in [5.41, 5.74) is 0. The standard InChI is InChI=1S/C8H15O8P.2H3N/c9-7(10)3-1-2-4-8(11)15-5-6-16-17(12,13)14;;/h1-6H2,(H,9,10)(H2,12,13,14);2*1H3. The molecule has 0 bridgehead atoms. The number of rotatable bonds is 9. The van der Waals surface area contributed by atoms with Crippen LogP contribution < -0.4 is 12.3 Å². The molecule has 0 aromatic carbocycles. The van der Waals surface area contributed by atoms with Gasteiger partial charge in [0.25, 0.3) is 0 Å². The maximum atomic E-state index is 11.0. The van der Waals surface area contributed by atoms with Gasteiger partial charge < -0.3 is 31.9 Å². The molecule has 0 aromatic rings. The van der Waals surface area contributed by atoms with Crippen molar-refractivity contribution in [1.29, 1.82) is 0 Å². The molecule has 0 fully saturated rings. The zero-order chi connectivity index (χ0) is 13.3. The Kier molecular flexibility index (Phi) is 14.6. The summed E-state index contributed by atoms with van der Waals surface area (Å²) in [6.07, 6.45) is 0.839. The zero-order valence-corrected chi connectivity index (χ0v) is 11.4. The van der Waals surface area contributed by atoms with E-state index in [2.05, 4.69) is 9.26 Å². The number of phosphoric ester groups is 1. The molecule has 0 saturated carbocycles. The van der Waals surface area contributed by atoms with Crippen LogP contribution in [0.1, 0.15) is 25.7 Å². The molecule has 0 aliphatic carbocycles. The minimum atomic E-state index is -4.52. The smallest absolute Gasteiger partial charge is 0.469 e. The Labute approximate surface area is 110 Å². The van der Waals surface area contributed by atoms with Crippen LogP contribution in [0, 0.1) is 0 Å². The fraction of sp³-hybridized carbons (Fsp3) is 0.750. The Bertz CT molecular complexity index is 305. The normalized spacial score (nSPS) is 10.0. The summed E-state index contributed by atoms with van der Waals surface area (Å²) in [6.45, 7) is -0.631. The number of aliphatic carboxylic acids is 1. The molecule has 11 heteroatoms. The van der Waals surface area contributed by atoms with Crippen molar-refractivity contribution in [1.82, 2.24) is 12.3 Å². The molecule has 0 aromatic heterocycles. The van der Waals surface area contributed by atoms with Crippen molar-refractivity contribution >= 4 is 19.8 Å². The second kappa shape index (κ2) is 12.0. The SMILES string of the molecule is N.N.O=C(O)CCCCC(=O)OCCOP(=O)(O)O. The van der Waals surface area contributed by atoms with Crippen LogP contribution in [0.4, 0.5) is 0 Å². The molecule has 0 unspecified atom stereocenters. The number of ether oxygens (including phenoxy) is 1. The average Bonchev–Trinajstić information content (AvgIpc) is 2.18. The quantitative estimate of drug-likeness (QED) is 0.228.